The second-order valence-corrected chi connectivity index (χ2v) is 10.1. The lowest BCUT2D eigenvalue weighted by molar-refractivity contribution is 1.80. The maximum atomic E-state index is 3.90. The number of fused-ring (bicyclic) bond motifs is 7. The summed E-state index contributed by atoms with van der Waals surface area (Å²) in [5, 5.41) is 7.83. The first-order chi connectivity index (χ1) is 12.7. The maximum absolute atomic E-state index is 3.90. The van der Waals surface area contributed by atoms with Gasteiger partial charge in [-0.3, -0.25) is 0 Å². The van der Waals surface area contributed by atoms with Crippen molar-refractivity contribution >= 4 is 106 Å². The van der Waals surface area contributed by atoms with E-state index < -0.39 is 0 Å². The summed E-state index contributed by atoms with van der Waals surface area (Å²) >= 11 is 11.6. The highest BCUT2D eigenvalue weighted by Crippen LogP contribution is 2.51. The lowest BCUT2D eigenvalue weighted by Gasteiger charge is -2.03. The molecule has 0 spiro atoms. The summed E-state index contributed by atoms with van der Waals surface area (Å²) < 4.78 is 7.88. The van der Waals surface area contributed by atoms with Gasteiger partial charge in [-0.05, 0) is 65.5 Å². The molecule has 124 valence electrons. The Labute approximate surface area is 174 Å². The molecule has 2 aromatic heterocycles. The molecule has 0 aliphatic rings. The van der Waals surface area contributed by atoms with Gasteiger partial charge >= 0.3 is 0 Å². The monoisotopic (exact) mass is 496 g/mol. The Kier molecular flexibility index (Phi) is 3.31. The van der Waals surface area contributed by atoms with Crippen molar-refractivity contribution in [2.45, 2.75) is 0 Å². The average molecular weight is 498 g/mol. The van der Waals surface area contributed by atoms with Crippen molar-refractivity contribution in [3.8, 4) is 0 Å². The highest BCUT2D eigenvalue weighted by atomic mass is 79.9. The van der Waals surface area contributed by atoms with E-state index >= 15 is 0 Å². The highest BCUT2D eigenvalue weighted by Gasteiger charge is 2.18. The van der Waals surface area contributed by atoms with Gasteiger partial charge in [-0.2, -0.15) is 0 Å². The van der Waals surface area contributed by atoms with E-state index in [4.69, 9.17) is 0 Å². The van der Waals surface area contributed by atoms with Crippen LogP contribution in [0, 0.1) is 0 Å². The highest BCUT2D eigenvalue weighted by molar-refractivity contribution is 9.11. The van der Waals surface area contributed by atoms with E-state index in [1.165, 1.54) is 60.1 Å². The number of hydrogen-bond donors (Lipinski definition) is 0. The minimum atomic E-state index is 1.21. The lowest BCUT2D eigenvalue weighted by atomic mass is 10.1. The molecule has 0 radical (unpaired) electrons. The summed E-state index contributed by atoms with van der Waals surface area (Å²) in [5.41, 5.74) is 0. The molecule has 0 N–H and O–H groups in total. The van der Waals surface area contributed by atoms with Gasteiger partial charge in [0, 0.05) is 29.1 Å². The van der Waals surface area contributed by atoms with E-state index in [1.54, 1.807) is 0 Å². The molecule has 0 aliphatic heterocycles. The van der Waals surface area contributed by atoms with Crippen LogP contribution in [0.25, 0.3) is 51.1 Å². The van der Waals surface area contributed by atoms with Crippen LogP contribution >= 0.6 is 54.5 Å². The molecule has 4 heteroatoms. The number of thiophene rings is 2. The van der Waals surface area contributed by atoms with Crippen LogP contribution in [-0.2, 0) is 0 Å². The van der Waals surface area contributed by atoms with Crippen molar-refractivity contribution in [1.29, 1.82) is 0 Å². The fourth-order valence-corrected chi connectivity index (χ4v) is 8.68. The normalized spacial score (nSPS) is 12.2. The molecule has 0 fully saturated rings. The fraction of sp³-hybridized carbons (Fsp3) is 0. The smallest absolute Gasteiger partial charge is 0.0554 e. The van der Waals surface area contributed by atoms with Crippen molar-refractivity contribution in [3.63, 3.8) is 0 Å². The molecule has 0 bridgehead atoms. The summed E-state index contributed by atoms with van der Waals surface area (Å²) in [6, 6.07) is 21.8. The van der Waals surface area contributed by atoms with Gasteiger partial charge in [-0.1, -0.05) is 48.5 Å². The molecule has 0 aliphatic carbocycles. The molecule has 0 atom stereocenters. The van der Waals surface area contributed by atoms with E-state index in [0.29, 0.717) is 0 Å². The standard InChI is InChI=1S/C22H10Br2S2/c23-19-13-7-3-1-5-11(13)9-15-17(19)21-22(25-15)18-16(26-21)10-12-6-2-4-8-14(12)20(18)24/h1-10H. The minimum absolute atomic E-state index is 1.21. The largest absolute Gasteiger partial charge is 0.134 e. The molecule has 0 amide bonds. The van der Waals surface area contributed by atoms with Crippen LogP contribution in [-0.4, -0.2) is 0 Å². The Bertz CT molecular complexity index is 1390. The molecule has 6 rings (SSSR count). The number of hydrogen-bond acceptors (Lipinski definition) is 2. The molecular weight excluding hydrogens is 488 g/mol. The van der Waals surface area contributed by atoms with E-state index in [-0.39, 0.29) is 0 Å². The van der Waals surface area contributed by atoms with Crippen LogP contribution in [0.5, 0.6) is 0 Å². The molecule has 4 aromatic carbocycles. The lowest BCUT2D eigenvalue weighted by Crippen LogP contribution is -1.75. The summed E-state index contributed by atoms with van der Waals surface area (Å²) in [4.78, 5) is 0. The van der Waals surface area contributed by atoms with E-state index in [9.17, 15) is 0 Å². The second kappa shape index (κ2) is 5.52. The zero-order valence-corrected chi connectivity index (χ0v) is 18.2. The molecule has 6 aromatic rings. The first-order valence-electron chi connectivity index (χ1n) is 8.25. The summed E-state index contributed by atoms with van der Waals surface area (Å²) in [6.07, 6.45) is 0. The van der Waals surface area contributed by atoms with Crippen molar-refractivity contribution in [3.05, 3.63) is 69.6 Å². The Morgan fingerprint density at radius 3 is 1.46 bits per heavy atom. The van der Waals surface area contributed by atoms with Crippen molar-refractivity contribution in [1.82, 2.24) is 0 Å². The van der Waals surface area contributed by atoms with Gasteiger partial charge in [-0.15, -0.1) is 22.7 Å². The summed E-state index contributed by atoms with van der Waals surface area (Å²) in [5.74, 6) is 0. The van der Waals surface area contributed by atoms with Crippen LogP contribution < -0.4 is 0 Å². The number of rotatable bonds is 0. The van der Waals surface area contributed by atoms with E-state index in [2.05, 4.69) is 92.5 Å². The molecular formula is C22H10Br2S2. The summed E-state index contributed by atoms with van der Waals surface area (Å²) in [7, 11) is 0. The predicted octanol–water partition coefficient (Wildman–Crippen LogP) is 9.10. The third-order valence-electron chi connectivity index (χ3n) is 4.98. The fourth-order valence-electron chi connectivity index (χ4n) is 3.78. The number of benzene rings is 4. The van der Waals surface area contributed by atoms with Gasteiger partial charge in [0.2, 0.25) is 0 Å². The maximum Gasteiger partial charge on any atom is 0.0554 e. The van der Waals surface area contributed by atoms with Crippen LogP contribution in [0.4, 0.5) is 0 Å². The van der Waals surface area contributed by atoms with Gasteiger partial charge in [0.1, 0.15) is 0 Å². The zero-order valence-electron chi connectivity index (χ0n) is 13.3. The van der Waals surface area contributed by atoms with Gasteiger partial charge in [0.25, 0.3) is 0 Å². The Morgan fingerprint density at radius 1 is 0.577 bits per heavy atom. The molecule has 26 heavy (non-hydrogen) atoms. The SMILES string of the molecule is Brc1c2ccccc2cc2sc3c(sc4cc5ccccc5c(Br)c43)c12. The van der Waals surface area contributed by atoms with Crippen LogP contribution in [0.15, 0.2) is 69.6 Å². The van der Waals surface area contributed by atoms with Gasteiger partial charge < -0.3 is 0 Å². The molecule has 0 nitrogen and oxygen atoms in total. The van der Waals surface area contributed by atoms with Gasteiger partial charge in [-0.25, -0.2) is 0 Å². The molecule has 2 heterocycles. The van der Waals surface area contributed by atoms with Gasteiger partial charge in [0.05, 0.1) is 9.40 Å². The summed E-state index contributed by atoms with van der Waals surface area (Å²) in [6.45, 7) is 0. The first-order valence-corrected chi connectivity index (χ1v) is 11.5. The first kappa shape index (κ1) is 15.6. The van der Waals surface area contributed by atoms with E-state index in [1.807, 2.05) is 22.7 Å². The Hall–Kier alpha value is -1.46. The van der Waals surface area contributed by atoms with E-state index in [0.717, 1.165) is 0 Å². The average Bonchev–Trinajstić information content (AvgIpc) is 3.17. The second-order valence-electron chi connectivity index (χ2n) is 6.43. The Morgan fingerprint density at radius 2 is 1.00 bits per heavy atom. The van der Waals surface area contributed by atoms with Crippen LogP contribution in [0.1, 0.15) is 0 Å². The third kappa shape index (κ3) is 1.99. The molecule has 0 saturated carbocycles. The third-order valence-corrected chi connectivity index (χ3v) is 9.07. The van der Waals surface area contributed by atoms with Crippen molar-refractivity contribution < 1.29 is 0 Å². The van der Waals surface area contributed by atoms with Crippen molar-refractivity contribution in [2.24, 2.45) is 0 Å². The number of halogens is 2. The van der Waals surface area contributed by atoms with Crippen LogP contribution in [0.2, 0.25) is 0 Å². The predicted molar refractivity (Wildman–Crippen MR) is 125 cm³/mol. The molecule has 0 unspecified atom stereocenters. The molecule has 0 saturated heterocycles. The zero-order chi connectivity index (χ0) is 17.4. The van der Waals surface area contributed by atoms with Crippen LogP contribution in [0.3, 0.4) is 0 Å². The Balaban J connectivity index is 1.87. The van der Waals surface area contributed by atoms with Crippen molar-refractivity contribution in [2.75, 3.05) is 0 Å². The quantitative estimate of drug-likeness (QED) is 0.196. The van der Waals surface area contributed by atoms with Gasteiger partial charge in [0.15, 0.2) is 0 Å². The minimum Gasteiger partial charge on any atom is -0.134 e. The topological polar surface area (TPSA) is 0 Å².